The van der Waals surface area contributed by atoms with Crippen LogP contribution in [0.25, 0.3) is 11.1 Å². The minimum Gasteiger partial charge on any atom is -0.467 e. The summed E-state index contributed by atoms with van der Waals surface area (Å²) in [6.45, 7) is 10.5. The van der Waals surface area contributed by atoms with E-state index in [1.807, 2.05) is 6.07 Å². The summed E-state index contributed by atoms with van der Waals surface area (Å²) in [5, 5.41) is 3.30. The lowest BCUT2D eigenvalue weighted by molar-refractivity contribution is 0.489. The highest BCUT2D eigenvalue weighted by molar-refractivity contribution is 5.65. The molecule has 1 aromatic heterocycles. The maximum atomic E-state index is 5.56. The van der Waals surface area contributed by atoms with Gasteiger partial charge in [0.05, 0.1) is 12.8 Å². The van der Waals surface area contributed by atoms with Crippen molar-refractivity contribution < 1.29 is 4.42 Å². The predicted octanol–water partition coefficient (Wildman–Crippen LogP) is 4.35. The Bertz CT molecular complexity index is 517. The largest absolute Gasteiger partial charge is 0.467 e. The fraction of sp³-hybridized carbons (Fsp3) is 0.412. The summed E-state index contributed by atoms with van der Waals surface area (Å²) >= 11 is 0. The third kappa shape index (κ3) is 3.27. The zero-order chi connectivity index (χ0) is 13.9. The van der Waals surface area contributed by atoms with Gasteiger partial charge in [0, 0.05) is 5.56 Å². The molecule has 2 rings (SSSR count). The number of rotatable bonds is 4. The Hall–Kier alpha value is -1.54. The van der Waals surface area contributed by atoms with Crippen LogP contribution in [0.2, 0.25) is 0 Å². The quantitative estimate of drug-likeness (QED) is 0.880. The Balaban J connectivity index is 2.25. The van der Waals surface area contributed by atoms with Crippen molar-refractivity contribution in [1.29, 1.82) is 0 Å². The number of hydrogen-bond donors (Lipinski definition) is 1. The molecule has 0 saturated heterocycles. The van der Waals surface area contributed by atoms with E-state index in [4.69, 9.17) is 4.42 Å². The minimum absolute atomic E-state index is 0.196. The summed E-state index contributed by atoms with van der Waals surface area (Å²) in [5.41, 5.74) is 3.95. The zero-order valence-electron chi connectivity index (χ0n) is 12.3. The van der Waals surface area contributed by atoms with Crippen LogP contribution in [0.4, 0.5) is 0 Å². The number of furan rings is 1. The minimum atomic E-state index is 0.196. The van der Waals surface area contributed by atoms with Crippen LogP contribution in [0, 0.1) is 0 Å². The molecule has 1 N–H and O–H groups in total. The van der Waals surface area contributed by atoms with Crippen molar-refractivity contribution >= 4 is 0 Å². The highest BCUT2D eigenvalue weighted by atomic mass is 16.3. The van der Waals surface area contributed by atoms with Gasteiger partial charge >= 0.3 is 0 Å². The lowest BCUT2D eigenvalue weighted by Crippen LogP contribution is -2.12. The molecule has 102 valence electrons. The summed E-state index contributed by atoms with van der Waals surface area (Å²) in [4.78, 5) is 0. The first-order chi connectivity index (χ1) is 9.02. The van der Waals surface area contributed by atoms with Crippen LogP contribution >= 0.6 is 0 Å². The van der Waals surface area contributed by atoms with Crippen LogP contribution in [-0.4, -0.2) is 6.54 Å². The average Bonchev–Trinajstić information content (AvgIpc) is 2.83. The first-order valence-corrected chi connectivity index (χ1v) is 6.90. The van der Waals surface area contributed by atoms with E-state index in [1.165, 1.54) is 16.7 Å². The van der Waals surface area contributed by atoms with Crippen molar-refractivity contribution in [3.63, 3.8) is 0 Å². The molecule has 0 unspecified atom stereocenters. The van der Waals surface area contributed by atoms with Gasteiger partial charge in [0.15, 0.2) is 0 Å². The molecule has 0 fully saturated rings. The normalized spacial score (nSPS) is 11.8. The molecule has 0 aliphatic heterocycles. The topological polar surface area (TPSA) is 25.2 Å². The predicted molar refractivity (Wildman–Crippen MR) is 80.2 cm³/mol. The molecule has 0 spiro atoms. The van der Waals surface area contributed by atoms with Crippen LogP contribution in [-0.2, 0) is 12.0 Å². The number of nitrogens with one attached hydrogen (secondary N) is 1. The van der Waals surface area contributed by atoms with E-state index in [0.29, 0.717) is 0 Å². The second-order valence-corrected chi connectivity index (χ2v) is 5.87. The summed E-state index contributed by atoms with van der Waals surface area (Å²) in [6.07, 6.45) is 1.76. The van der Waals surface area contributed by atoms with Crippen molar-refractivity contribution in [2.75, 3.05) is 6.54 Å². The molecule has 0 amide bonds. The molecule has 1 aromatic carbocycles. The Morgan fingerprint density at radius 1 is 1.05 bits per heavy atom. The molecule has 19 heavy (non-hydrogen) atoms. The van der Waals surface area contributed by atoms with Gasteiger partial charge < -0.3 is 9.73 Å². The molecule has 0 aliphatic rings. The maximum Gasteiger partial charge on any atom is 0.125 e. The van der Waals surface area contributed by atoms with Gasteiger partial charge in [0.1, 0.15) is 5.76 Å². The van der Waals surface area contributed by atoms with E-state index in [-0.39, 0.29) is 5.41 Å². The van der Waals surface area contributed by atoms with Gasteiger partial charge in [0.25, 0.3) is 0 Å². The fourth-order valence-electron chi connectivity index (χ4n) is 2.12. The molecule has 0 saturated carbocycles. The summed E-state index contributed by atoms with van der Waals surface area (Å²) < 4.78 is 5.56. The molecular formula is C17H23NO. The fourth-order valence-corrected chi connectivity index (χ4v) is 2.12. The van der Waals surface area contributed by atoms with Crippen molar-refractivity contribution in [2.24, 2.45) is 0 Å². The second kappa shape index (κ2) is 5.62. The van der Waals surface area contributed by atoms with Gasteiger partial charge in [-0.25, -0.2) is 0 Å². The van der Waals surface area contributed by atoms with Crippen LogP contribution < -0.4 is 5.32 Å². The van der Waals surface area contributed by atoms with E-state index >= 15 is 0 Å². The van der Waals surface area contributed by atoms with E-state index in [2.05, 4.69) is 57.3 Å². The second-order valence-electron chi connectivity index (χ2n) is 5.87. The first-order valence-electron chi connectivity index (χ1n) is 6.90. The molecule has 2 aromatic rings. The van der Waals surface area contributed by atoms with Crippen LogP contribution in [0.1, 0.15) is 39.0 Å². The van der Waals surface area contributed by atoms with Crippen LogP contribution in [0.5, 0.6) is 0 Å². The van der Waals surface area contributed by atoms with Crippen LogP contribution in [0.15, 0.2) is 41.0 Å². The van der Waals surface area contributed by atoms with E-state index in [1.54, 1.807) is 6.26 Å². The third-order valence-electron chi connectivity index (χ3n) is 3.34. The van der Waals surface area contributed by atoms with Gasteiger partial charge in [-0.2, -0.15) is 0 Å². The van der Waals surface area contributed by atoms with Crippen molar-refractivity contribution in [1.82, 2.24) is 5.32 Å². The van der Waals surface area contributed by atoms with Crippen molar-refractivity contribution in [3.05, 3.63) is 47.9 Å². The Morgan fingerprint density at radius 2 is 1.74 bits per heavy atom. The number of benzene rings is 1. The average molecular weight is 257 g/mol. The smallest absolute Gasteiger partial charge is 0.125 e. The van der Waals surface area contributed by atoms with Gasteiger partial charge in [0.2, 0.25) is 0 Å². The molecule has 0 aliphatic carbocycles. The van der Waals surface area contributed by atoms with Crippen molar-refractivity contribution in [2.45, 2.75) is 39.7 Å². The summed E-state index contributed by atoms with van der Waals surface area (Å²) in [5.74, 6) is 1.00. The Morgan fingerprint density at radius 3 is 2.32 bits per heavy atom. The molecule has 0 atom stereocenters. The maximum absolute atomic E-state index is 5.56. The molecule has 2 nitrogen and oxygen atoms in total. The molecule has 0 bridgehead atoms. The highest BCUT2D eigenvalue weighted by Gasteiger charge is 2.14. The van der Waals surface area contributed by atoms with Gasteiger partial charge in [-0.05, 0) is 29.2 Å². The Labute approximate surface area is 115 Å². The summed E-state index contributed by atoms with van der Waals surface area (Å²) in [6, 6.07) is 10.8. The van der Waals surface area contributed by atoms with Gasteiger partial charge in [-0.3, -0.25) is 0 Å². The number of hydrogen-bond acceptors (Lipinski definition) is 2. The molecule has 2 heteroatoms. The van der Waals surface area contributed by atoms with E-state index in [0.717, 1.165) is 18.8 Å². The monoisotopic (exact) mass is 257 g/mol. The highest BCUT2D eigenvalue weighted by Crippen LogP contribution is 2.28. The molecule has 1 heterocycles. The first kappa shape index (κ1) is 13.9. The zero-order valence-corrected chi connectivity index (χ0v) is 12.3. The SMILES string of the molecule is CCNCc1occc1-c1ccc(C(C)(C)C)cc1. The Kier molecular flexibility index (Phi) is 4.11. The standard InChI is InChI=1S/C17H23NO/c1-5-18-12-16-15(10-11-19-16)13-6-8-14(9-7-13)17(2,3)4/h6-11,18H,5,12H2,1-4H3. The van der Waals surface area contributed by atoms with Crippen LogP contribution in [0.3, 0.4) is 0 Å². The molecular weight excluding hydrogens is 234 g/mol. The van der Waals surface area contributed by atoms with Gasteiger partial charge in [-0.1, -0.05) is 52.0 Å². The lowest BCUT2D eigenvalue weighted by atomic mass is 9.86. The van der Waals surface area contributed by atoms with Crippen molar-refractivity contribution in [3.8, 4) is 11.1 Å². The summed E-state index contributed by atoms with van der Waals surface area (Å²) in [7, 11) is 0. The lowest BCUT2D eigenvalue weighted by Gasteiger charge is -2.19. The van der Waals surface area contributed by atoms with E-state index in [9.17, 15) is 0 Å². The van der Waals surface area contributed by atoms with E-state index < -0.39 is 0 Å². The third-order valence-corrected chi connectivity index (χ3v) is 3.34. The van der Waals surface area contributed by atoms with Gasteiger partial charge in [-0.15, -0.1) is 0 Å². The molecule has 0 radical (unpaired) electrons.